The normalized spacial score (nSPS) is 14.0. The van der Waals surface area contributed by atoms with Gasteiger partial charge in [-0.15, -0.1) is 0 Å². The van der Waals surface area contributed by atoms with Crippen LogP contribution >= 0.6 is 0 Å². The zero-order valence-electron chi connectivity index (χ0n) is 8.50. The van der Waals surface area contributed by atoms with Crippen LogP contribution in [-0.4, -0.2) is 11.7 Å². The molecule has 0 aromatic heterocycles. The van der Waals surface area contributed by atoms with Crippen molar-refractivity contribution in [3.63, 3.8) is 0 Å². The molecule has 0 aliphatic carbocycles. The smallest absolute Gasteiger partial charge is 0.132 e. The van der Waals surface area contributed by atoms with E-state index in [4.69, 9.17) is 10.8 Å². The maximum atomic E-state index is 13.9. The van der Waals surface area contributed by atoms with Gasteiger partial charge in [0.15, 0.2) is 0 Å². The molecule has 0 heterocycles. The molecule has 0 bridgehead atoms. The maximum Gasteiger partial charge on any atom is 0.132 e. The van der Waals surface area contributed by atoms with Crippen LogP contribution in [0.15, 0.2) is 24.3 Å². The average Bonchev–Trinajstić information content (AvgIpc) is 2.16. The van der Waals surface area contributed by atoms with Gasteiger partial charge < -0.3 is 10.8 Å². The highest BCUT2D eigenvalue weighted by molar-refractivity contribution is 5.41. The standard InChI is InChI=1S/C11H16FNO/c1-11(2,7-14)10(12)8-4-3-5-9(13)6-8/h3-6,10,14H,7,13H2,1-2H3. The summed E-state index contributed by atoms with van der Waals surface area (Å²) in [6, 6.07) is 6.70. The van der Waals surface area contributed by atoms with E-state index < -0.39 is 11.6 Å². The number of anilines is 1. The average molecular weight is 197 g/mol. The molecule has 1 aromatic carbocycles. The van der Waals surface area contributed by atoms with Crippen LogP contribution in [0.25, 0.3) is 0 Å². The molecule has 78 valence electrons. The molecule has 0 spiro atoms. The molecule has 0 fully saturated rings. The maximum absolute atomic E-state index is 13.9. The van der Waals surface area contributed by atoms with Gasteiger partial charge in [-0.2, -0.15) is 0 Å². The van der Waals surface area contributed by atoms with Crippen molar-refractivity contribution in [2.75, 3.05) is 12.3 Å². The lowest BCUT2D eigenvalue weighted by Gasteiger charge is -2.26. The Labute approximate surface area is 83.6 Å². The first-order valence-electron chi connectivity index (χ1n) is 4.58. The molecule has 0 aliphatic heterocycles. The van der Waals surface area contributed by atoms with Crippen molar-refractivity contribution in [2.24, 2.45) is 5.41 Å². The topological polar surface area (TPSA) is 46.2 Å². The number of alkyl halides is 1. The molecule has 3 N–H and O–H groups in total. The van der Waals surface area contributed by atoms with Crippen LogP contribution in [0.4, 0.5) is 10.1 Å². The summed E-state index contributed by atoms with van der Waals surface area (Å²) in [6.07, 6.45) is -1.20. The number of halogens is 1. The van der Waals surface area contributed by atoms with Gasteiger partial charge in [0.05, 0.1) is 6.61 Å². The molecular formula is C11H16FNO. The summed E-state index contributed by atoms with van der Waals surface area (Å²) in [5.41, 5.74) is 5.84. The number of hydrogen-bond acceptors (Lipinski definition) is 2. The lowest BCUT2D eigenvalue weighted by Crippen LogP contribution is -2.23. The number of aliphatic hydroxyl groups is 1. The van der Waals surface area contributed by atoms with Crippen molar-refractivity contribution in [3.05, 3.63) is 29.8 Å². The summed E-state index contributed by atoms with van der Waals surface area (Å²) in [5, 5.41) is 9.02. The Hall–Kier alpha value is -1.09. The first-order valence-corrected chi connectivity index (χ1v) is 4.58. The second kappa shape index (κ2) is 3.96. The van der Waals surface area contributed by atoms with Gasteiger partial charge in [0, 0.05) is 11.1 Å². The molecule has 0 amide bonds. The number of hydrogen-bond donors (Lipinski definition) is 2. The van der Waals surface area contributed by atoms with E-state index in [1.54, 1.807) is 38.1 Å². The van der Waals surface area contributed by atoms with Gasteiger partial charge in [-0.25, -0.2) is 4.39 Å². The molecule has 1 rings (SSSR count). The van der Waals surface area contributed by atoms with Gasteiger partial charge in [0.25, 0.3) is 0 Å². The van der Waals surface area contributed by atoms with Crippen LogP contribution in [0.3, 0.4) is 0 Å². The fourth-order valence-electron chi connectivity index (χ4n) is 1.25. The van der Waals surface area contributed by atoms with E-state index >= 15 is 0 Å². The fourth-order valence-corrected chi connectivity index (χ4v) is 1.25. The second-order valence-corrected chi connectivity index (χ2v) is 4.18. The summed E-state index contributed by atoms with van der Waals surface area (Å²) in [7, 11) is 0. The SMILES string of the molecule is CC(C)(CO)C(F)c1cccc(N)c1. The first kappa shape index (κ1) is 11.0. The van der Waals surface area contributed by atoms with Gasteiger partial charge in [-0.3, -0.25) is 0 Å². The Balaban J connectivity index is 2.94. The molecule has 1 aromatic rings. The third-order valence-electron chi connectivity index (χ3n) is 2.30. The molecule has 0 saturated heterocycles. The van der Waals surface area contributed by atoms with Crippen molar-refractivity contribution in [1.82, 2.24) is 0 Å². The quantitative estimate of drug-likeness (QED) is 0.730. The molecule has 1 atom stereocenters. The van der Waals surface area contributed by atoms with Gasteiger partial charge in [-0.05, 0) is 17.7 Å². The molecule has 1 unspecified atom stereocenters. The highest BCUT2D eigenvalue weighted by Gasteiger charge is 2.30. The van der Waals surface area contributed by atoms with Gasteiger partial charge in [0.1, 0.15) is 6.17 Å². The van der Waals surface area contributed by atoms with Crippen molar-refractivity contribution < 1.29 is 9.50 Å². The Morgan fingerprint density at radius 1 is 1.50 bits per heavy atom. The van der Waals surface area contributed by atoms with E-state index in [1.165, 1.54) is 0 Å². The van der Waals surface area contributed by atoms with E-state index in [0.717, 1.165) is 0 Å². The zero-order chi connectivity index (χ0) is 10.8. The van der Waals surface area contributed by atoms with Gasteiger partial charge in [0.2, 0.25) is 0 Å². The number of nitrogens with two attached hydrogens (primary N) is 1. The van der Waals surface area contributed by atoms with E-state index in [0.29, 0.717) is 11.3 Å². The highest BCUT2D eigenvalue weighted by Crippen LogP contribution is 2.36. The second-order valence-electron chi connectivity index (χ2n) is 4.18. The molecule has 3 heteroatoms. The number of nitrogen functional groups attached to an aromatic ring is 1. The van der Waals surface area contributed by atoms with Crippen molar-refractivity contribution in [1.29, 1.82) is 0 Å². The van der Waals surface area contributed by atoms with Crippen LogP contribution in [0.1, 0.15) is 25.6 Å². The van der Waals surface area contributed by atoms with Crippen molar-refractivity contribution in [3.8, 4) is 0 Å². The van der Waals surface area contributed by atoms with Gasteiger partial charge in [-0.1, -0.05) is 26.0 Å². The monoisotopic (exact) mass is 197 g/mol. The molecule has 14 heavy (non-hydrogen) atoms. The van der Waals surface area contributed by atoms with E-state index in [-0.39, 0.29) is 6.61 Å². The largest absolute Gasteiger partial charge is 0.399 e. The number of benzene rings is 1. The number of rotatable bonds is 3. The Morgan fingerprint density at radius 3 is 2.64 bits per heavy atom. The Kier molecular flexibility index (Phi) is 3.11. The Bertz CT molecular complexity index is 312. The van der Waals surface area contributed by atoms with E-state index in [9.17, 15) is 4.39 Å². The molecule has 0 aliphatic rings. The molecular weight excluding hydrogens is 181 g/mol. The molecule has 2 nitrogen and oxygen atoms in total. The number of aliphatic hydroxyl groups excluding tert-OH is 1. The zero-order valence-corrected chi connectivity index (χ0v) is 8.50. The van der Waals surface area contributed by atoms with Crippen LogP contribution < -0.4 is 5.73 Å². The minimum Gasteiger partial charge on any atom is -0.399 e. The molecule has 0 saturated carbocycles. The minimum absolute atomic E-state index is 0.192. The minimum atomic E-state index is -1.20. The van der Waals surface area contributed by atoms with Crippen LogP contribution in [0, 0.1) is 5.41 Å². The third kappa shape index (κ3) is 2.23. The van der Waals surface area contributed by atoms with E-state index in [2.05, 4.69) is 0 Å². The summed E-state index contributed by atoms with van der Waals surface area (Å²) >= 11 is 0. The van der Waals surface area contributed by atoms with Gasteiger partial charge >= 0.3 is 0 Å². The predicted octanol–water partition coefficient (Wildman–Crippen LogP) is 2.30. The lowest BCUT2D eigenvalue weighted by atomic mass is 9.84. The van der Waals surface area contributed by atoms with Crippen molar-refractivity contribution in [2.45, 2.75) is 20.0 Å². The Morgan fingerprint density at radius 2 is 2.14 bits per heavy atom. The van der Waals surface area contributed by atoms with Crippen LogP contribution in [-0.2, 0) is 0 Å². The summed E-state index contributed by atoms with van der Waals surface area (Å²) in [6.45, 7) is 3.17. The summed E-state index contributed by atoms with van der Waals surface area (Å²) < 4.78 is 13.9. The van der Waals surface area contributed by atoms with Crippen LogP contribution in [0.2, 0.25) is 0 Å². The van der Waals surface area contributed by atoms with Crippen molar-refractivity contribution >= 4 is 5.69 Å². The highest BCUT2D eigenvalue weighted by atomic mass is 19.1. The fraction of sp³-hybridized carbons (Fsp3) is 0.455. The predicted molar refractivity (Wildman–Crippen MR) is 55.6 cm³/mol. The summed E-state index contributed by atoms with van der Waals surface area (Å²) in [5.74, 6) is 0. The first-order chi connectivity index (χ1) is 6.47. The lowest BCUT2D eigenvalue weighted by molar-refractivity contribution is 0.0665. The van der Waals surface area contributed by atoms with Crippen LogP contribution in [0.5, 0.6) is 0 Å². The summed E-state index contributed by atoms with van der Waals surface area (Å²) in [4.78, 5) is 0. The molecule has 0 radical (unpaired) electrons. The third-order valence-corrected chi connectivity index (χ3v) is 2.30. The van der Waals surface area contributed by atoms with E-state index in [1.807, 2.05) is 0 Å².